The predicted molar refractivity (Wildman–Crippen MR) is 61.6 cm³/mol. The zero-order valence-corrected chi connectivity index (χ0v) is 9.61. The van der Waals surface area contributed by atoms with Crippen molar-refractivity contribution >= 4 is 18.1 Å². The Hall–Kier alpha value is -1.40. The Labute approximate surface area is 103 Å². The van der Waals surface area contributed by atoms with E-state index in [4.69, 9.17) is 5.73 Å². The molecule has 1 aliphatic carbocycles. The highest BCUT2D eigenvalue weighted by molar-refractivity contribution is 5.85. The summed E-state index contributed by atoms with van der Waals surface area (Å²) in [5.41, 5.74) is 5.28. The molecule has 1 fully saturated rings. The smallest absolute Gasteiger partial charge is 0.313 e. The molecule has 3 N–H and O–H groups in total. The molecule has 1 atom stereocenters. The number of hydrogen-bond acceptors (Lipinski definition) is 4. The summed E-state index contributed by atoms with van der Waals surface area (Å²) in [5, 5.41) is 20.2. The lowest BCUT2D eigenvalue weighted by molar-refractivity contribution is -0.386. The number of rotatable bonds is 3. The molecule has 7 heteroatoms. The Balaban J connectivity index is 0.00000144. The SMILES string of the molecule is Cl.N[C@@H](c1cc(F)cc([N+](=O)[O-])c1O)C1CC1. The molecule has 0 radical (unpaired) electrons. The minimum Gasteiger partial charge on any atom is -0.502 e. The summed E-state index contributed by atoms with van der Waals surface area (Å²) >= 11 is 0. The third-order valence-corrected chi connectivity index (χ3v) is 2.77. The van der Waals surface area contributed by atoms with Crippen molar-refractivity contribution in [3.63, 3.8) is 0 Å². The number of nitro benzene ring substituents is 1. The van der Waals surface area contributed by atoms with Gasteiger partial charge in [0, 0.05) is 11.6 Å². The van der Waals surface area contributed by atoms with E-state index in [1.54, 1.807) is 0 Å². The van der Waals surface area contributed by atoms with Gasteiger partial charge in [0.15, 0.2) is 5.75 Å². The fourth-order valence-corrected chi connectivity index (χ4v) is 1.71. The minimum atomic E-state index is -0.818. The van der Waals surface area contributed by atoms with Gasteiger partial charge in [-0.1, -0.05) is 0 Å². The van der Waals surface area contributed by atoms with Crippen molar-refractivity contribution in [2.45, 2.75) is 18.9 Å². The maximum Gasteiger partial charge on any atom is 0.313 e. The number of nitrogens with zero attached hydrogens (tertiary/aromatic N) is 1. The Morgan fingerprint density at radius 2 is 2.12 bits per heavy atom. The van der Waals surface area contributed by atoms with Gasteiger partial charge in [0.05, 0.1) is 11.0 Å². The van der Waals surface area contributed by atoms with E-state index in [2.05, 4.69) is 0 Å². The van der Waals surface area contributed by atoms with Crippen LogP contribution < -0.4 is 5.73 Å². The Kier molecular flexibility index (Phi) is 3.90. The molecule has 1 aromatic carbocycles. The number of benzene rings is 1. The normalized spacial score (nSPS) is 16.1. The second-order valence-corrected chi connectivity index (χ2v) is 3.98. The number of halogens is 2. The van der Waals surface area contributed by atoms with Gasteiger partial charge in [-0.3, -0.25) is 10.1 Å². The summed E-state index contributed by atoms with van der Waals surface area (Å²) in [6.07, 6.45) is 1.82. The van der Waals surface area contributed by atoms with Crippen LogP contribution >= 0.6 is 12.4 Å². The average molecular weight is 263 g/mol. The van der Waals surface area contributed by atoms with Crippen LogP contribution in [-0.2, 0) is 0 Å². The maximum absolute atomic E-state index is 13.1. The third-order valence-electron chi connectivity index (χ3n) is 2.77. The molecule has 0 heterocycles. The molecule has 1 aliphatic rings. The molecule has 1 saturated carbocycles. The van der Waals surface area contributed by atoms with Crippen LogP contribution in [0.5, 0.6) is 5.75 Å². The summed E-state index contributed by atoms with van der Waals surface area (Å²) in [5.74, 6) is -1.09. The first-order chi connectivity index (χ1) is 7.50. The van der Waals surface area contributed by atoms with Gasteiger partial charge in [0.2, 0.25) is 0 Å². The van der Waals surface area contributed by atoms with Crippen molar-refractivity contribution in [1.82, 2.24) is 0 Å². The molecule has 94 valence electrons. The molecule has 0 amide bonds. The van der Waals surface area contributed by atoms with E-state index in [0.717, 1.165) is 18.9 Å². The number of phenolic OH excluding ortho intramolecular Hbond substituents is 1. The lowest BCUT2D eigenvalue weighted by atomic mass is 10.0. The van der Waals surface area contributed by atoms with Crippen LogP contribution in [0.1, 0.15) is 24.4 Å². The van der Waals surface area contributed by atoms with E-state index < -0.39 is 28.2 Å². The molecule has 0 aromatic heterocycles. The fourth-order valence-electron chi connectivity index (χ4n) is 1.71. The minimum absolute atomic E-state index is 0. The molecule has 0 bridgehead atoms. The second kappa shape index (κ2) is 4.85. The van der Waals surface area contributed by atoms with Gasteiger partial charge in [0.25, 0.3) is 0 Å². The van der Waals surface area contributed by atoms with Gasteiger partial charge >= 0.3 is 5.69 Å². The van der Waals surface area contributed by atoms with E-state index in [1.807, 2.05) is 0 Å². The van der Waals surface area contributed by atoms with Gasteiger partial charge in [0.1, 0.15) is 5.82 Å². The first kappa shape index (κ1) is 13.7. The molecule has 0 unspecified atom stereocenters. The molecule has 2 rings (SSSR count). The fraction of sp³-hybridized carbons (Fsp3) is 0.400. The number of aromatic hydroxyl groups is 1. The van der Waals surface area contributed by atoms with Gasteiger partial charge in [-0.15, -0.1) is 12.4 Å². The summed E-state index contributed by atoms with van der Waals surface area (Å²) in [4.78, 5) is 9.75. The molecular weight excluding hydrogens is 251 g/mol. The third kappa shape index (κ3) is 2.65. The largest absolute Gasteiger partial charge is 0.502 e. The van der Waals surface area contributed by atoms with E-state index in [0.29, 0.717) is 6.07 Å². The van der Waals surface area contributed by atoms with Gasteiger partial charge in [-0.05, 0) is 24.8 Å². The monoisotopic (exact) mass is 262 g/mol. The van der Waals surface area contributed by atoms with E-state index in [1.165, 1.54) is 0 Å². The number of nitrogens with two attached hydrogens (primary N) is 1. The summed E-state index contributed by atoms with van der Waals surface area (Å²) in [6.45, 7) is 0. The van der Waals surface area contributed by atoms with Crippen LogP contribution in [0.3, 0.4) is 0 Å². The van der Waals surface area contributed by atoms with Gasteiger partial charge in [-0.2, -0.15) is 0 Å². The number of hydrogen-bond donors (Lipinski definition) is 2. The average Bonchev–Trinajstić information content (AvgIpc) is 3.03. The first-order valence-corrected chi connectivity index (χ1v) is 4.93. The number of nitro groups is 1. The Morgan fingerprint density at radius 3 is 2.59 bits per heavy atom. The highest BCUT2D eigenvalue weighted by Gasteiger charge is 2.33. The highest BCUT2D eigenvalue weighted by atomic mass is 35.5. The van der Waals surface area contributed by atoms with Crippen molar-refractivity contribution in [1.29, 1.82) is 0 Å². The molecule has 1 aromatic rings. The van der Waals surface area contributed by atoms with Crippen molar-refractivity contribution in [3.05, 3.63) is 33.6 Å². The van der Waals surface area contributed by atoms with Crippen molar-refractivity contribution in [2.75, 3.05) is 0 Å². The van der Waals surface area contributed by atoms with Crippen LogP contribution in [0.25, 0.3) is 0 Å². The highest BCUT2D eigenvalue weighted by Crippen LogP contribution is 2.44. The second-order valence-electron chi connectivity index (χ2n) is 3.98. The molecule has 0 aliphatic heterocycles. The van der Waals surface area contributed by atoms with Crippen LogP contribution in [-0.4, -0.2) is 10.0 Å². The Bertz CT molecular complexity index is 451. The van der Waals surface area contributed by atoms with Gasteiger partial charge < -0.3 is 10.8 Å². The zero-order chi connectivity index (χ0) is 11.9. The number of phenols is 1. The lowest BCUT2D eigenvalue weighted by Gasteiger charge is -2.12. The van der Waals surface area contributed by atoms with Crippen molar-refractivity contribution in [2.24, 2.45) is 11.7 Å². The standard InChI is InChI=1S/C10H11FN2O3.ClH/c11-6-3-7(9(12)5-1-2-5)10(14)8(4-6)13(15)16;/h3-5,9,14H,1-2,12H2;1H/t9-;/m1./s1. The quantitative estimate of drug-likeness (QED) is 0.646. The van der Waals surface area contributed by atoms with Crippen LogP contribution in [0.15, 0.2) is 12.1 Å². The molecule has 0 saturated heterocycles. The lowest BCUT2D eigenvalue weighted by Crippen LogP contribution is -2.13. The van der Waals surface area contributed by atoms with E-state index in [9.17, 15) is 19.6 Å². The summed E-state index contributed by atoms with van der Waals surface area (Å²) < 4.78 is 13.1. The van der Waals surface area contributed by atoms with Gasteiger partial charge in [-0.25, -0.2) is 4.39 Å². The predicted octanol–water partition coefficient (Wildman–Crippen LogP) is 2.27. The van der Waals surface area contributed by atoms with Crippen LogP contribution in [0, 0.1) is 21.8 Å². The maximum atomic E-state index is 13.1. The van der Waals surface area contributed by atoms with Crippen LogP contribution in [0.4, 0.5) is 10.1 Å². The molecule has 5 nitrogen and oxygen atoms in total. The molecular formula is C10H12ClFN2O3. The first-order valence-electron chi connectivity index (χ1n) is 4.93. The Morgan fingerprint density at radius 1 is 1.53 bits per heavy atom. The topological polar surface area (TPSA) is 89.4 Å². The van der Waals surface area contributed by atoms with Crippen molar-refractivity contribution < 1.29 is 14.4 Å². The van der Waals surface area contributed by atoms with E-state index >= 15 is 0 Å². The summed E-state index contributed by atoms with van der Waals surface area (Å²) in [7, 11) is 0. The summed E-state index contributed by atoms with van der Waals surface area (Å²) in [6, 6.07) is 1.22. The molecule has 0 spiro atoms. The van der Waals surface area contributed by atoms with E-state index in [-0.39, 0.29) is 23.9 Å². The van der Waals surface area contributed by atoms with Crippen LogP contribution in [0.2, 0.25) is 0 Å². The zero-order valence-electron chi connectivity index (χ0n) is 8.80. The molecule has 17 heavy (non-hydrogen) atoms. The van der Waals surface area contributed by atoms with Crippen molar-refractivity contribution in [3.8, 4) is 5.75 Å².